The van der Waals surface area contributed by atoms with Crippen molar-refractivity contribution in [3.63, 3.8) is 0 Å². The van der Waals surface area contributed by atoms with Gasteiger partial charge in [-0.3, -0.25) is 0 Å². The summed E-state index contributed by atoms with van der Waals surface area (Å²) in [5, 5.41) is 2.42. The number of aryl methyl sites for hydroxylation is 2. The minimum Gasteiger partial charge on any atom is -0.194 e. The van der Waals surface area contributed by atoms with Gasteiger partial charge in [0.1, 0.15) is 0 Å². The third kappa shape index (κ3) is 1.85. The van der Waals surface area contributed by atoms with Crippen LogP contribution in [0.15, 0.2) is 11.1 Å². The van der Waals surface area contributed by atoms with E-state index in [0.29, 0.717) is 0 Å². The smallest absolute Gasteiger partial charge is 0.0800 e. The molecule has 0 unspecified atom stereocenters. The molecule has 0 saturated carbocycles. The van der Waals surface area contributed by atoms with Gasteiger partial charge in [0.15, 0.2) is 0 Å². The number of nitrogens with zero attached hydrogens (tertiary/aromatic N) is 1. The van der Waals surface area contributed by atoms with Crippen LogP contribution in [0.2, 0.25) is 0 Å². The van der Waals surface area contributed by atoms with Crippen LogP contribution in [0.3, 0.4) is 0 Å². The first-order valence-electron chi connectivity index (χ1n) is 4.23. The van der Waals surface area contributed by atoms with Gasteiger partial charge in [-0.15, -0.1) is 0 Å². The summed E-state index contributed by atoms with van der Waals surface area (Å²) in [5.74, 6) is 0. The van der Waals surface area contributed by atoms with Gasteiger partial charge in [-0.05, 0) is 62.2 Å². The normalized spacial score (nSPS) is 9.54. The fraction of sp³-hybridized carbons (Fsp3) is 0.364. The second kappa shape index (κ2) is 3.82. The van der Waals surface area contributed by atoms with Crippen molar-refractivity contribution in [2.24, 2.45) is 4.99 Å². The lowest BCUT2D eigenvalue weighted by molar-refractivity contribution is 1.22. The van der Waals surface area contributed by atoms with Gasteiger partial charge in [-0.25, -0.2) is 0 Å². The number of thiocarbonyl (C=S) groups is 1. The van der Waals surface area contributed by atoms with Crippen LogP contribution >= 0.6 is 12.2 Å². The average molecular weight is 191 g/mol. The molecule has 2 heteroatoms. The molecule has 1 nitrogen and oxygen atoms in total. The topological polar surface area (TPSA) is 12.4 Å². The lowest BCUT2D eigenvalue weighted by Crippen LogP contribution is -1.89. The fourth-order valence-electron chi connectivity index (χ4n) is 1.49. The van der Waals surface area contributed by atoms with Crippen LogP contribution in [0.4, 0.5) is 5.69 Å². The standard InChI is InChI=1S/C11H13NS/c1-7-5-8(2)11(12-6-13)10(4)9(7)3/h5H,1-4H3. The summed E-state index contributed by atoms with van der Waals surface area (Å²) in [5.41, 5.74) is 5.93. The van der Waals surface area contributed by atoms with Crippen LogP contribution in [0.1, 0.15) is 22.3 Å². The van der Waals surface area contributed by atoms with Crippen molar-refractivity contribution in [3.05, 3.63) is 28.3 Å². The molecule has 1 aromatic carbocycles. The Morgan fingerprint density at radius 1 is 1.08 bits per heavy atom. The quantitative estimate of drug-likeness (QED) is 0.487. The molecule has 0 atom stereocenters. The van der Waals surface area contributed by atoms with Crippen molar-refractivity contribution in [1.29, 1.82) is 0 Å². The molecule has 0 radical (unpaired) electrons. The van der Waals surface area contributed by atoms with E-state index in [2.05, 4.69) is 49.2 Å². The van der Waals surface area contributed by atoms with E-state index in [0.717, 1.165) is 11.3 Å². The van der Waals surface area contributed by atoms with Crippen molar-refractivity contribution >= 4 is 23.1 Å². The van der Waals surface area contributed by atoms with Gasteiger partial charge in [0.25, 0.3) is 0 Å². The Balaban J connectivity index is 3.52. The number of isothiocyanates is 1. The maximum absolute atomic E-state index is 4.61. The molecule has 0 spiro atoms. The van der Waals surface area contributed by atoms with Crippen LogP contribution < -0.4 is 0 Å². The Morgan fingerprint density at radius 2 is 1.69 bits per heavy atom. The van der Waals surface area contributed by atoms with E-state index >= 15 is 0 Å². The van der Waals surface area contributed by atoms with Gasteiger partial charge in [-0.1, -0.05) is 6.07 Å². The molecule has 13 heavy (non-hydrogen) atoms. The monoisotopic (exact) mass is 191 g/mol. The van der Waals surface area contributed by atoms with E-state index in [4.69, 9.17) is 0 Å². The zero-order valence-corrected chi connectivity index (χ0v) is 9.25. The Kier molecular flexibility index (Phi) is 2.97. The SMILES string of the molecule is Cc1cc(C)c(N=C=S)c(C)c1C. The van der Waals surface area contributed by atoms with Crippen molar-refractivity contribution in [3.8, 4) is 0 Å². The van der Waals surface area contributed by atoms with Crippen LogP contribution in [0.25, 0.3) is 0 Å². The van der Waals surface area contributed by atoms with E-state index in [1.807, 2.05) is 6.92 Å². The predicted molar refractivity (Wildman–Crippen MR) is 60.1 cm³/mol. The first-order chi connectivity index (χ1) is 6.07. The molecule has 0 saturated heterocycles. The summed E-state index contributed by atoms with van der Waals surface area (Å²) in [7, 11) is 0. The van der Waals surface area contributed by atoms with Gasteiger partial charge in [0, 0.05) is 0 Å². The predicted octanol–water partition coefficient (Wildman–Crippen LogP) is 3.65. The molecule has 0 aromatic heterocycles. The molecule has 0 bridgehead atoms. The molecule has 0 aliphatic heterocycles. The highest BCUT2D eigenvalue weighted by Gasteiger charge is 2.05. The van der Waals surface area contributed by atoms with Gasteiger partial charge in [0.05, 0.1) is 10.8 Å². The minimum absolute atomic E-state index is 0.970. The van der Waals surface area contributed by atoms with E-state index in [1.54, 1.807) is 0 Å². The Bertz CT molecular complexity index is 388. The molecule has 68 valence electrons. The highest BCUT2D eigenvalue weighted by Crippen LogP contribution is 2.28. The summed E-state index contributed by atoms with van der Waals surface area (Å²) >= 11 is 4.61. The van der Waals surface area contributed by atoms with Crippen molar-refractivity contribution in [1.82, 2.24) is 0 Å². The molecular weight excluding hydrogens is 178 g/mol. The molecule has 0 aliphatic rings. The van der Waals surface area contributed by atoms with Crippen molar-refractivity contribution in [2.45, 2.75) is 27.7 Å². The number of aliphatic imine (C=N–C) groups is 1. The molecule has 1 rings (SSSR count). The third-order valence-corrected chi connectivity index (χ3v) is 2.56. The highest BCUT2D eigenvalue weighted by atomic mass is 32.1. The summed E-state index contributed by atoms with van der Waals surface area (Å²) in [6, 6.07) is 2.13. The number of benzene rings is 1. The third-order valence-electron chi connectivity index (χ3n) is 2.47. The lowest BCUT2D eigenvalue weighted by Gasteiger charge is -2.09. The second-order valence-electron chi connectivity index (χ2n) is 3.31. The number of rotatable bonds is 1. The zero-order valence-electron chi connectivity index (χ0n) is 8.43. The maximum Gasteiger partial charge on any atom is 0.0800 e. The fourth-order valence-corrected chi connectivity index (χ4v) is 1.58. The van der Waals surface area contributed by atoms with E-state index < -0.39 is 0 Å². The van der Waals surface area contributed by atoms with Crippen molar-refractivity contribution < 1.29 is 0 Å². The van der Waals surface area contributed by atoms with Crippen LogP contribution in [0, 0.1) is 27.7 Å². The summed E-state index contributed by atoms with van der Waals surface area (Å²) in [4.78, 5) is 4.07. The van der Waals surface area contributed by atoms with Gasteiger partial charge < -0.3 is 0 Å². The molecule has 0 fully saturated rings. The summed E-state index contributed by atoms with van der Waals surface area (Å²) < 4.78 is 0. The van der Waals surface area contributed by atoms with Crippen molar-refractivity contribution in [2.75, 3.05) is 0 Å². The van der Waals surface area contributed by atoms with E-state index in [9.17, 15) is 0 Å². The van der Waals surface area contributed by atoms with Gasteiger partial charge in [-0.2, -0.15) is 4.99 Å². The van der Waals surface area contributed by atoms with Crippen LogP contribution in [-0.4, -0.2) is 5.16 Å². The van der Waals surface area contributed by atoms with Gasteiger partial charge >= 0.3 is 0 Å². The van der Waals surface area contributed by atoms with E-state index in [-0.39, 0.29) is 0 Å². The first kappa shape index (κ1) is 10.1. The zero-order chi connectivity index (χ0) is 10.0. The maximum atomic E-state index is 4.61. The molecule has 0 aliphatic carbocycles. The average Bonchev–Trinajstić information content (AvgIpc) is 2.09. The molecule has 0 amide bonds. The van der Waals surface area contributed by atoms with Crippen LogP contribution in [-0.2, 0) is 0 Å². The lowest BCUT2D eigenvalue weighted by atomic mass is 9.99. The van der Waals surface area contributed by atoms with Gasteiger partial charge in [0.2, 0.25) is 0 Å². The highest BCUT2D eigenvalue weighted by molar-refractivity contribution is 7.78. The minimum atomic E-state index is 0.970. The molecule has 1 aromatic rings. The summed E-state index contributed by atoms with van der Waals surface area (Å²) in [6.07, 6.45) is 0. The Labute approximate surface area is 84.5 Å². The number of hydrogen-bond donors (Lipinski definition) is 0. The molecular formula is C11H13NS. The first-order valence-corrected chi connectivity index (χ1v) is 4.64. The molecule has 0 N–H and O–H groups in total. The Hall–Kier alpha value is -0.980. The van der Waals surface area contributed by atoms with Crippen LogP contribution in [0.5, 0.6) is 0 Å². The Morgan fingerprint density at radius 3 is 2.23 bits per heavy atom. The number of hydrogen-bond acceptors (Lipinski definition) is 2. The largest absolute Gasteiger partial charge is 0.194 e. The summed E-state index contributed by atoms with van der Waals surface area (Å²) in [6.45, 7) is 8.33. The van der Waals surface area contributed by atoms with E-state index in [1.165, 1.54) is 16.7 Å². The second-order valence-corrected chi connectivity index (χ2v) is 3.49. The molecule has 0 heterocycles.